The lowest BCUT2D eigenvalue weighted by Gasteiger charge is -2.20. The van der Waals surface area contributed by atoms with E-state index in [0.29, 0.717) is 0 Å². The summed E-state index contributed by atoms with van der Waals surface area (Å²) in [5.74, 6) is 0. The van der Waals surface area contributed by atoms with Gasteiger partial charge in [-0.1, -0.05) is 32.9 Å². The molecule has 0 aliphatic rings. The topological polar surface area (TPSA) is 52.0 Å². The second-order valence-corrected chi connectivity index (χ2v) is 8.81. The highest BCUT2D eigenvalue weighted by Crippen LogP contribution is 2.31. The maximum absolute atomic E-state index is 13.0. The van der Waals surface area contributed by atoms with Crippen LogP contribution < -0.4 is 0 Å². The van der Waals surface area contributed by atoms with E-state index in [0.717, 1.165) is 21.7 Å². The third-order valence-corrected chi connectivity index (χ3v) is 5.74. The van der Waals surface area contributed by atoms with Crippen LogP contribution in [0.15, 0.2) is 53.6 Å². The van der Waals surface area contributed by atoms with Crippen LogP contribution in [-0.2, 0) is 21.6 Å². The summed E-state index contributed by atoms with van der Waals surface area (Å²) in [4.78, 5) is 3.59. The van der Waals surface area contributed by atoms with Crippen LogP contribution in [0.1, 0.15) is 32.0 Å². The largest absolute Gasteiger partial charge is 0.433 e. The van der Waals surface area contributed by atoms with Crippen LogP contribution >= 0.6 is 0 Å². The molecule has 0 N–H and O–H groups in total. The van der Waals surface area contributed by atoms with Crippen molar-refractivity contribution in [3.05, 3.63) is 59.9 Å². The van der Waals surface area contributed by atoms with Gasteiger partial charge in [-0.15, -0.1) is 0 Å². The first-order valence-corrected chi connectivity index (χ1v) is 9.26. The van der Waals surface area contributed by atoms with E-state index in [2.05, 4.69) is 4.98 Å². The summed E-state index contributed by atoms with van der Waals surface area (Å²) in [6, 6.07) is 9.70. The van der Waals surface area contributed by atoms with Gasteiger partial charge in [-0.2, -0.15) is 13.2 Å². The fraction of sp³-hybridized carbons (Fsp3) is 0.278. The number of alkyl halides is 3. The fourth-order valence-electron chi connectivity index (χ4n) is 2.60. The molecule has 0 aliphatic carbocycles. The number of hydrogen-bond donors (Lipinski definition) is 0. The molecule has 0 saturated carbocycles. The normalized spacial score (nSPS) is 13.3. The van der Waals surface area contributed by atoms with Gasteiger partial charge in [0.15, 0.2) is 0 Å². The molecule has 138 valence electrons. The minimum absolute atomic E-state index is 0.0321. The first-order valence-electron chi connectivity index (χ1n) is 7.82. The van der Waals surface area contributed by atoms with Gasteiger partial charge in [0.1, 0.15) is 5.69 Å². The third kappa shape index (κ3) is 3.21. The maximum Gasteiger partial charge on any atom is 0.433 e. The van der Waals surface area contributed by atoms with Gasteiger partial charge in [-0.25, -0.2) is 17.4 Å². The number of fused-ring (bicyclic) bond motifs is 1. The van der Waals surface area contributed by atoms with Crippen molar-refractivity contribution in [3.63, 3.8) is 0 Å². The van der Waals surface area contributed by atoms with Gasteiger partial charge in [0, 0.05) is 6.20 Å². The van der Waals surface area contributed by atoms with Crippen LogP contribution in [0.5, 0.6) is 0 Å². The van der Waals surface area contributed by atoms with E-state index in [1.807, 2.05) is 26.8 Å². The van der Waals surface area contributed by atoms with E-state index in [-0.39, 0.29) is 21.3 Å². The van der Waals surface area contributed by atoms with Crippen molar-refractivity contribution in [2.24, 2.45) is 0 Å². The maximum atomic E-state index is 13.0. The first-order chi connectivity index (χ1) is 11.9. The SMILES string of the molecule is CC(C)(C)c1cccc(S(=O)(=O)n2ccc3nc(C(F)(F)F)ccc32)c1. The molecular formula is C18H17F3N2O2S. The van der Waals surface area contributed by atoms with Crippen molar-refractivity contribution in [1.29, 1.82) is 0 Å². The summed E-state index contributed by atoms with van der Waals surface area (Å²) >= 11 is 0. The molecule has 0 amide bonds. The van der Waals surface area contributed by atoms with Gasteiger partial charge in [0.2, 0.25) is 0 Å². The van der Waals surface area contributed by atoms with Crippen molar-refractivity contribution >= 4 is 21.1 Å². The minimum Gasteiger partial charge on any atom is -0.242 e. The molecule has 0 aliphatic heterocycles. The summed E-state index contributed by atoms with van der Waals surface area (Å²) in [5, 5.41) is 0. The van der Waals surface area contributed by atoms with Gasteiger partial charge >= 0.3 is 6.18 Å². The Hall–Kier alpha value is -2.35. The molecule has 0 atom stereocenters. The molecule has 26 heavy (non-hydrogen) atoms. The predicted octanol–water partition coefficient (Wildman–Crippen LogP) is 4.59. The summed E-state index contributed by atoms with van der Waals surface area (Å²) in [7, 11) is -3.96. The predicted molar refractivity (Wildman–Crippen MR) is 92.5 cm³/mol. The standard InChI is InChI=1S/C18H17F3N2O2S/c1-17(2,3)12-5-4-6-13(11-12)26(24,25)23-10-9-14-15(23)7-8-16(22-14)18(19,20)21/h4-11H,1-3H3. The number of hydrogen-bond acceptors (Lipinski definition) is 3. The van der Waals surface area contributed by atoms with Crippen molar-refractivity contribution in [1.82, 2.24) is 8.96 Å². The Morgan fingerprint density at radius 3 is 2.31 bits per heavy atom. The van der Waals surface area contributed by atoms with E-state index >= 15 is 0 Å². The van der Waals surface area contributed by atoms with E-state index < -0.39 is 21.9 Å². The molecule has 3 aromatic rings. The van der Waals surface area contributed by atoms with Crippen LogP contribution in [0, 0.1) is 0 Å². The second kappa shape index (κ2) is 5.84. The molecular weight excluding hydrogens is 365 g/mol. The zero-order chi connectivity index (χ0) is 19.3. The molecule has 4 nitrogen and oxygen atoms in total. The average Bonchev–Trinajstić information content (AvgIpc) is 2.97. The van der Waals surface area contributed by atoms with Crippen molar-refractivity contribution in [3.8, 4) is 0 Å². The van der Waals surface area contributed by atoms with Gasteiger partial charge in [-0.3, -0.25) is 0 Å². The Morgan fingerprint density at radius 1 is 1.00 bits per heavy atom. The van der Waals surface area contributed by atoms with E-state index in [4.69, 9.17) is 0 Å². The lowest BCUT2D eigenvalue weighted by Crippen LogP contribution is -2.15. The number of halogens is 3. The van der Waals surface area contributed by atoms with Gasteiger partial charge in [-0.05, 0) is 41.3 Å². The van der Waals surface area contributed by atoms with E-state index in [1.54, 1.807) is 12.1 Å². The average molecular weight is 382 g/mol. The third-order valence-electron chi connectivity index (χ3n) is 4.05. The number of nitrogens with zero attached hydrogens (tertiary/aromatic N) is 2. The fourth-order valence-corrected chi connectivity index (χ4v) is 3.99. The molecule has 0 radical (unpaired) electrons. The number of aromatic nitrogens is 2. The summed E-state index contributed by atoms with van der Waals surface area (Å²) < 4.78 is 65.3. The molecule has 0 unspecified atom stereocenters. The number of pyridine rings is 1. The van der Waals surface area contributed by atoms with Crippen LogP contribution in [0.3, 0.4) is 0 Å². The quantitative estimate of drug-likeness (QED) is 0.651. The molecule has 2 aromatic heterocycles. The summed E-state index contributed by atoms with van der Waals surface area (Å²) in [5.41, 5.74) is -0.398. The number of rotatable bonds is 2. The summed E-state index contributed by atoms with van der Waals surface area (Å²) in [6.07, 6.45) is -3.37. The van der Waals surface area contributed by atoms with Gasteiger partial charge in [0.25, 0.3) is 10.0 Å². The monoisotopic (exact) mass is 382 g/mol. The molecule has 3 rings (SSSR count). The second-order valence-electron chi connectivity index (χ2n) is 6.99. The molecule has 1 aromatic carbocycles. The van der Waals surface area contributed by atoms with Crippen molar-refractivity contribution in [2.45, 2.75) is 37.3 Å². The summed E-state index contributed by atoms with van der Waals surface area (Å²) in [6.45, 7) is 5.89. The first kappa shape index (κ1) is 18.4. The lowest BCUT2D eigenvalue weighted by atomic mass is 9.87. The molecule has 0 bridgehead atoms. The van der Waals surface area contributed by atoms with Gasteiger partial charge in [0.05, 0.1) is 15.9 Å². The zero-order valence-corrected chi connectivity index (χ0v) is 15.2. The Labute approximate surface area is 149 Å². The smallest absolute Gasteiger partial charge is 0.242 e. The van der Waals surface area contributed by atoms with Crippen molar-refractivity contribution in [2.75, 3.05) is 0 Å². The van der Waals surface area contributed by atoms with Crippen LogP contribution in [0.4, 0.5) is 13.2 Å². The Morgan fingerprint density at radius 2 is 1.69 bits per heavy atom. The highest BCUT2D eigenvalue weighted by atomic mass is 32.2. The highest BCUT2D eigenvalue weighted by Gasteiger charge is 2.33. The van der Waals surface area contributed by atoms with Crippen LogP contribution in [0.25, 0.3) is 11.0 Å². The Bertz CT molecular complexity index is 1080. The van der Waals surface area contributed by atoms with Crippen molar-refractivity contribution < 1.29 is 21.6 Å². The molecule has 0 fully saturated rings. The molecule has 8 heteroatoms. The van der Waals surface area contributed by atoms with Crippen LogP contribution in [-0.4, -0.2) is 17.4 Å². The molecule has 2 heterocycles. The minimum atomic E-state index is -4.59. The van der Waals surface area contributed by atoms with E-state index in [1.165, 1.54) is 18.3 Å². The van der Waals surface area contributed by atoms with Crippen LogP contribution in [0.2, 0.25) is 0 Å². The number of benzene rings is 1. The molecule has 0 saturated heterocycles. The zero-order valence-electron chi connectivity index (χ0n) is 14.4. The Balaban J connectivity index is 2.14. The highest BCUT2D eigenvalue weighted by molar-refractivity contribution is 7.90. The van der Waals surface area contributed by atoms with E-state index in [9.17, 15) is 21.6 Å². The molecule has 0 spiro atoms. The van der Waals surface area contributed by atoms with Gasteiger partial charge < -0.3 is 0 Å². The Kier molecular flexibility index (Phi) is 4.14. The lowest BCUT2D eigenvalue weighted by molar-refractivity contribution is -0.140.